The second kappa shape index (κ2) is 29.2. The maximum Gasteiger partial charge on any atom is 0.118 e. The molecule has 546 valence electrons. The first-order chi connectivity index (χ1) is 55.1. The van der Waals surface area contributed by atoms with E-state index in [1.807, 2.05) is 97.1 Å². The van der Waals surface area contributed by atoms with E-state index in [9.17, 15) is 0 Å². The van der Waals surface area contributed by atoms with Crippen molar-refractivity contribution in [3.63, 3.8) is 0 Å². The first-order valence-electron chi connectivity index (χ1n) is 36.6. The average Bonchev–Trinajstić information content (AvgIpc) is 1.58. The second-order valence-corrected chi connectivity index (χ2v) is 27.2. The van der Waals surface area contributed by atoms with E-state index in [0.717, 1.165) is 190 Å². The number of H-pyrrole nitrogens is 4. The highest BCUT2D eigenvalue weighted by atomic mass is 16.5. The third kappa shape index (κ3) is 12.6. The fourth-order valence-electron chi connectivity index (χ4n) is 15.5. The lowest BCUT2D eigenvalue weighted by atomic mass is 9.91. The third-order valence-corrected chi connectivity index (χ3v) is 21.0. The van der Waals surface area contributed by atoms with Gasteiger partial charge >= 0.3 is 0 Å². The summed E-state index contributed by atoms with van der Waals surface area (Å²) in [7, 11) is 13.4. The number of benzene rings is 8. The standard InChI is InChI=1S/C96H74N8O8/c1-105-63-25-9-55(10-26-63)87-71-53-85(93(61-21-37-69(111-7)38-22-61)83-51-49-81(101-83)91(59-17-33-67(109-5)34-18-59)79-47-45-77(99-79)89(75-43-41-73(87)97-75)57-13-29-65(107-3)30-14-57)103-95(71)96-72-54-86(104-96)94(62-23-39-70(112-8)40-24-62)84-52-50-82(102-84)92(60-19-35-68(110-6)36-20-60)80-48-46-78(100-80)90(58-15-31-66(108-4)32-16-58)76-44-42-74(98-76)88(72)56-11-27-64(106-2)28-12-56/h9-54,97-98,101-102H,1-8H3. The van der Waals surface area contributed by atoms with E-state index >= 15 is 0 Å². The van der Waals surface area contributed by atoms with Gasteiger partial charge in [-0.05, 0) is 227 Å². The zero-order chi connectivity index (χ0) is 76.1. The Morgan fingerprint density at radius 2 is 0.366 bits per heavy atom. The van der Waals surface area contributed by atoms with Crippen molar-refractivity contribution < 1.29 is 37.9 Å². The maximum absolute atomic E-state index is 6.18. The Morgan fingerprint density at radius 1 is 0.196 bits per heavy atom. The Balaban J connectivity index is 1.04. The van der Waals surface area contributed by atoms with Crippen LogP contribution in [0.25, 0.3) is 157 Å². The highest BCUT2D eigenvalue weighted by Gasteiger charge is 2.32. The topological polar surface area (TPSA) is 187 Å². The average molecular weight is 1470 g/mol. The van der Waals surface area contributed by atoms with Gasteiger partial charge in [0.05, 0.1) is 102 Å². The van der Waals surface area contributed by atoms with E-state index in [4.69, 9.17) is 57.8 Å². The number of rotatable bonds is 17. The summed E-state index contributed by atoms with van der Waals surface area (Å²) in [4.78, 5) is 39.7. The van der Waals surface area contributed by atoms with Gasteiger partial charge < -0.3 is 57.8 Å². The number of ether oxygens (including phenoxy) is 8. The Labute approximate surface area is 646 Å². The van der Waals surface area contributed by atoms with Gasteiger partial charge in [0.2, 0.25) is 0 Å². The molecule has 4 N–H and O–H groups in total. The Morgan fingerprint density at radius 3 is 0.562 bits per heavy atom. The zero-order valence-electron chi connectivity index (χ0n) is 62.6. The minimum absolute atomic E-state index is 0.581. The highest BCUT2D eigenvalue weighted by Crippen LogP contribution is 2.48. The summed E-state index contributed by atoms with van der Waals surface area (Å²) < 4.78 is 46.7. The number of hydrogen-bond donors (Lipinski definition) is 4. The molecule has 0 fully saturated rings. The summed E-state index contributed by atoms with van der Waals surface area (Å²) in [6.07, 6.45) is 8.39. The molecule has 0 atom stereocenters. The smallest absolute Gasteiger partial charge is 0.118 e. The molecule has 16 heteroatoms. The van der Waals surface area contributed by atoms with Gasteiger partial charge in [0.25, 0.3) is 0 Å². The zero-order valence-corrected chi connectivity index (χ0v) is 62.6. The van der Waals surface area contributed by atoms with Crippen molar-refractivity contribution in [1.29, 1.82) is 0 Å². The molecule has 18 rings (SSSR count). The van der Waals surface area contributed by atoms with E-state index in [1.165, 1.54) is 0 Å². The molecule has 0 unspecified atom stereocenters. The first-order valence-corrected chi connectivity index (χ1v) is 36.6. The van der Waals surface area contributed by atoms with Crippen molar-refractivity contribution in [2.24, 2.45) is 9.98 Å². The quantitative estimate of drug-likeness (QED) is 0.0683. The number of aliphatic imine (C=N–C) groups is 2. The number of nitrogens with one attached hydrogen (secondary N) is 4. The molecule has 16 bridgehead atoms. The lowest BCUT2D eigenvalue weighted by Gasteiger charge is -2.13. The van der Waals surface area contributed by atoms with Crippen molar-refractivity contribution in [1.82, 2.24) is 29.9 Å². The molecule has 0 saturated heterocycles. The summed E-state index contributed by atoms with van der Waals surface area (Å²) in [5, 5.41) is 0. The molecule has 10 heterocycles. The molecule has 4 aliphatic heterocycles. The van der Waals surface area contributed by atoms with Crippen molar-refractivity contribution in [3.8, 4) is 135 Å². The van der Waals surface area contributed by atoms with E-state index in [1.54, 1.807) is 56.9 Å². The SMILES string of the molecule is COc1ccc(-c2c3cc(c(-c4ccc(OC)cc4)c4ccc([nH]4)c(-c4ccc(OC)cc4)c4nc(c(-c5ccc(OC)cc5)c5ccc2[nH]5)C=C4)C(C2=Nc4cc2c(-c2ccc(OC)cc2)c2ccc([nH]2)c(-c2ccc(OC)cc2)c2nc(c(-c5ccc(OC)cc5)c5ccc([nH]5)c4-c4ccc(OC)cc4)C=C2)=N3)cc1. The third-order valence-electron chi connectivity index (χ3n) is 21.0. The summed E-state index contributed by atoms with van der Waals surface area (Å²) in [6.45, 7) is 0. The molecule has 0 aliphatic carbocycles. The van der Waals surface area contributed by atoms with Crippen LogP contribution >= 0.6 is 0 Å². The van der Waals surface area contributed by atoms with Gasteiger partial charge in [-0.3, -0.25) is 0 Å². The first kappa shape index (κ1) is 69.1. The van der Waals surface area contributed by atoms with Gasteiger partial charge in [-0.2, -0.15) is 0 Å². The molecule has 14 aromatic rings. The molecule has 16 nitrogen and oxygen atoms in total. The number of fused-ring (bicyclic) bond motifs is 16. The van der Waals surface area contributed by atoms with Crippen LogP contribution in [-0.4, -0.2) is 98.2 Å². The summed E-state index contributed by atoms with van der Waals surface area (Å²) in [6, 6.07) is 86.8. The number of nitrogens with zero attached hydrogens (tertiary/aromatic N) is 4. The minimum Gasteiger partial charge on any atom is -0.497 e. The number of aromatic amines is 4. The predicted molar refractivity (Wildman–Crippen MR) is 453 cm³/mol. The highest BCUT2D eigenvalue weighted by molar-refractivity contribution is 6.58. The van der Waals surface area contributed by atoms with Crippen LogP contribution in [0.4, 0.5) is 11.4 Å². The fraction of sp³-hybridized carbons (Fsp3) is 0.0833. The van der Waals surface area contributed by atoms with Crippen LogP contribution in [0.5, 0.6) is 46.0 Å². The Bertz CT molecular complexity index is 6130. The van der Waals surface area contributed by atoms with E-state index in [0.29, 0.717) is 45.8 Å². The van der Waals surface area contributed by atoms with Crippen LogP contribution < -0.4 is 37.9 Å². The number of methoxy groups -OCH3 is 8. The normalized spacial score (nSPS) is 12.1. The molecule has 0 amide bonds. The molecule has 6 aromatic heterocycles. The second-order valence-electron chi connectivity index (χ2n) is 27.2. The van der Waals surface area contributed by atoms with Gasteiger partial charge in [0.1, 0.15) is 46.0 Å². The number of hydrogen-bond acceptors (Lipinski definition) is 12. The Kier molecular flexibility index (Phi) is 18.0. The van der Waals surface area contributed by atoms with Crippen molar-refractivity contribution in [3.05, 3.63) is 289 Å². The van der Waals surface area contributed by atoms with Crippen molar-refractivity contribution in [2.45, 2.75) is 0 Å². The van der Waals surface area contributed by atoms with Crippen LogP contribution in [0.15, 0.2) is 265 Å². The molecular formula is C96H74N8O8. The van der Waals surface area contributed by atoms with E-state index in [2.05, 4.69) is 202 Å². The van der Waals surface area contributed by atoms with Crippen LogP contribution in [0.3, 0.4) is 0 Å². The van der Waals surface area contributed by atoms with Crippen molar-refractivity contribution in [2.75, 3.05) is 56.9 Å². The van der Waals surface area contributed by atoms with Gasteiger partial charge in [-0.15, -0.1) is 0 Å². The molecule has 112 heavy (non-hydrogen) atoms. The lowest BCUT2D eigenvalue weighted by Crippen LogP contribution is -2.15. The van der Waals surface area contributed by atoms with Crippen LogP contribution in [-0.2, 0) is 0 Å². The van der Waals surface area contributed by atoms with Gasteiger partial charge in [0, 0.05) is 99.8 Å². The molecule has 0 radical (unpaired) electrons. The predicted octanol–water partition coefficient (Wildman–Crippen LogP) is 22.8. The monoisotopic (exact) mass is 1470 g/mol. The molecule has 0 spiro atoms. The van der Waals surface area contributed by atoms with E-state index < -0.39 is 0 Å². The molecule has 0 saturated carbocycles. The lowest BCUT2D eigenvalue weighted by molar-refractivity contribution is 0.415. The fourth-order valence-corrected chi connectivity index (χ4v) is 15.5. The minimum atomic E-state index is 0.581. The van der Waals surface area contributed by atoms with Crippen LogP contribution in [0, 0.1) is 0 Å². The number of aromatic nitrogens is 6. The maximum atomic E-state index is 6.18. The molecule has 4 aliphatic rings. The van der Waals surface area contributed by atoms with Gasteiger partial charge in [0.15, 0.2) is 0 Å². The largest absolute Gasteiger partial charge is 0.497 e. The van der Waals surface area contributed by atoms with Crippen molar-refractivity contribution >= 4 is 91.2 Å². The molecule has 8 aromatic carbocycles. The van der Waals surface area contributed by atoms with Crippen LogP contribution in [0.1, 0.15) is 33.9 Å². The van der Waals surface area contributed by atoms with Gasteiger partial charge in [-0.1, -0.05) is 97.1 Å². The summed E-state index contributed by atoms with van der Waals surface area (Å²) >= 11 is 0. The van der Waals surface area contributed by atoms with Crippen LogP contribution in [0.2, 0.25) is 0 Å². The molecular weight excluding hydrogens is 1390 g/mol. The Hall–Kier alpha value is -14.6. The van der Waals surface area contributed by atoms with Gasteiger partial charge in [-0.25, -0.2) is 20.0 Å². The summed E-state index contributed by atoms with van der Waals surface area (Å²) in [5.41, 5.74) is 27.3. The van der Waals surface area contributed by atoms with E-state index in [-0.39, 0.29) is 0 Å². The summed E-state index contributed by atoms with van der Waals surface area (Å²) in [5.74, 6) is 5.69.